The maximum Gasteiger partial charge on any atom is 0.130 e. The molecule has 0 saturated heterocycles. The van der Waals surface area contributed by atoms with Gasteiger partial charge in [-0.2, -0.15) is 0 Å². The third kappa shape index (κ3) is 2.40. The zero-order valence-corrected chi connectivity index (χ0v) is 9.69. The van der Waals surface area contributed by atoms with Crippen molar-refractivity contribution in [3.05, 3.63) is 34.9 Å². The first-order valence-corrected chi connectivity index (χ1v) is 5.74. The highest BCUT2D eigenvalue weighted by Gasteiger charge is 2.27. The van der Waals surface area contributed by atoms with Crippen molar-refractivity contribution in [1.29, 1.82) is 0 Å². The minimum absolute atomic E-state index is 0.00630. The molecule has 0 aliphatic heterocycles. The maximum absolute atomic E-state index is 13.7. The third-order valence-corrected chi connectivity index (χ3v) is 3.27. The van der Waals surface area contributed by atoms with Gasteiger partial charge < -0.3 is 5.32 Å². The summed E-state index contributed by atoms with van der Waals surface area (Å²) in [6.45, 7) is 1.67. The average molecular weight is 225 g/mol. The molecule has 3 heteroatoms. The van der Waals surface area contributed by atoms with Gasteiger partial charge in [-0.25, -0.2) is 8.78 Å². The fourth-order valence-corrected chi connectivity index (χ4v) is 2.03. The predicted molar refractivity (Wildman–Crippen MR) is 60.2 cm³/mol. The molecule has 0 aromatic heterocycles. The molecular formula is C13H17F2N. The van der Waals surface area contributed by atoms with Crippen molar-refractivity contribution in [3.8, 4) is 0 Å². The van der Waals surface area contributed by atoms with Gasteiger partial charge in [-0.15, -0.1) is 0 Å². The number of hydrogen-bond acceptors (Lipinski definition) is 1. The van der Waals surface area contributed by atoms with E-state index in [2.05, 4.69) is 5.32 Å². The monoisotopic (exact) mass is 225 g/mol. The fourth-order valence-electron chi connectivity index (χ4n) is 2.03. The lowest BCUT2D eigenvalue weighted by Crippen LogP contribution is -2.18. The van der Waals surface area contributed by atoms with E-state index in [0.29, 0.717) is 17.0 Å². The molecule has 88 valence electrons. The first kappa shape index (κ1) is 11.5. The van der Waals surface area contributed by atoms with Gasteiger partial charge in [-0.05, 0) is 37.9 Å². The molecule has 1 saturated carbocycles. The Morgan fingerprint density at radius 1 is 1.31 bits per heavy atom. The van der Waals surface area contributed by atoms with E-state index in [-0.39, 0.29) is 6.04 Å². The van der Waals surface area contributed by atoms with Gasteiger partial charge in [0, 0.05) is 17.7 Å². The minimum atomic E-state index is -0.470. The lowest BCUT2D eigenvalue weighted by Gasteiger charge is -2.17. The standard InChI is InChI=1S/C13H17F2N/c1-8-5-10(12(15)7-11(8)14)13(16-2)6-9-3-4-9/h5,7,9,13,16H,3-4,6H2,1-2H3. The molecule has 0 amide bonds. The van der Waals surface area contributed by atoms with Gasteiger partial charge in [0.1, 0.15) is 11.6 Å². The van der Waals surface area contributed by atoms with Crippen molar-refractivity contribution in [1.82, 2.24) is 5.32 Å². The van der Waals surface area contributed by atoms with E-state index in [0.717, 1.165) is 12.5 Å². The number of benzene rings is 1. The van der Waals surface area contributed by atoms with E-state index in [1.807, 2.05) is 7.05 Å². The van der Waals surface area contributed by atoms with Gasteiger partial charge in [-0.3, -0.25) is 0 Å². The zero-order valence-electron chi connectivity index (χ0n) is 9.69. The summed E-state index contributed by atoms with van der Waals surface area (Å²) >= 11 is 0. The van der Waals surface area contributed by atoms with E-state index in [1.54, 1.807) is 13.0 Å². The van der Waals surface area contributed by atoms with Crippen molar-refractivity contribution in [3.63, 3.8) is 0 Å². The molecule has 0 bridgehead atoms. The molecule has 1 aromatic rings. The molecule has 1 atom stereocenters. The van der Waals surface area contributed by atoms with E-state index >= 15 is 0 Å². The smallest absolute Gasteiger partial charge is 0.130 e. The predicted octanol–water partition coefficient (Wildman–Crippen LogP) is 3.33. The van der Waals surface area contributed by atoms with Crippen molar-refractivity contribution in [2.75, 3.05) is 7.05 Å². The van der Waals surface area contributed by atoms with Crippen molar-refractivity contribution < 1.29 is 8.78 Å². The summed E-state index contributed by atoms with van der Waals surface area (Å²) in [4.78, 5) is 0. The van der Waals surface area contributed by atoms with Gasteiger partial charge in [0.15, 0.2) is 0 Å². The number of halogens is 2. The van der Waals surface area contributed by atoms with Crippen LogP contribution in [0.5, 0.6) is 0 Å². The number of aryl methyl sites for hydroxylation is 1. The van der Waals surface area contributed by atoms with Gasteiger partial charge in [0.05, 0.1) is 0 Å². The molecule has 0 heterocycles. The summed E-state index contributed by atoms with van der Waals surface area (Å²) in [7, 11) is 1.82. The Balaban J connectivity index is 2.25. The van der Waals surface area contributed by atoms with Crippen LogP contribution in [0.25, 0.3) is 0 Å². The zero-order chi connectivity index (χ0) is 11.7. The Labute approximate surface area is 94.9 Å². The maximum atomic E-state index is 13.7. The molecule has 0 spiro atoms. The molecule has 1 aliphatic carbocycles. The lowest BCUT2D eigenvalue weighted by molar-refractivity contribution is 0.478. The highest BCUT2D eigenvalue weighted by atomic mass is 19.1. The summed E-state index contributed by atoms with van der Waals surface area (Å²) in [6.07, 6.45) is 3.42. The van der Waals surface area contributed by atoms with Crippen LogP contribution in [-0.2, 0) is 0 Å². The number of nitrogens with one attached hydrogen (secondary N) is 1. The molecule has 0 radical (unpaired) electrons. The topological polar surface area (TPSA) is 12.0 Å². The molecule has 1 aromatic carbocycles. The second kappa shape index (κ2) is 4.50. The molecule has 1 nitrogen and oxygen atoms in total. The van der Waals surface area contributed by atoms with E-state index in [1.165, 1.54) is 12.8 Å². The molecule has 16 heavy (non-hydrogen) atoms. The quantitative estimate of drug-likeness (QED) is 0.828. The van der Waals surface area contributed by atoms with Gasteiger partial charge >= 0.3 is 0 Å². The second-order valence-electron chi connectivity index (χ2n) is 4.64. The van der Waals surface area contributed by atoms with Crippen LogP contribution in [0.4, 0.5) is 8.78 Å². The van der Waals surface area contributed by atoms with Crippen molar-refractivity contribution >= 4 is 0 Å². The Hall–Kier alpha value is -0.960. The summed E-state index contributed by atoms with van der Waals surface area (Å²) in [5.74, 6) is -0.201. The molecular weight excluding hydrogens is 208 g/mol. The Kier molecular flexibility index (Phi) is 3.24. The third-order valence-electron chi connectivity index (χ3n) is 3.27. The normalized spacial score (nSPS) is 17.5. The van der Waals surface area contributed by atoms with Crippen LogP contribution in [0.2, 0.25) is 0 Å². The highest BCUT2D eigenvalue weighted by Crippen LogP contribution is 2.38. The first-order valence-electron chi connectivity index (χ1n) is 5.74. The molecule has 1 unspecified atom stereocenters. The van der Waals surface area contributed by atoms with E-state index in [4.69, 9.17) is 0 Å². The van der Waals surface area contributed by atoms with Crippen LogP contribution in [0.1, 0.15) is 36.4 Å². The summed E-state index contributed by atoms with van der Waals surface area (Å²) < 4.78 is 26.8. The molecule has 1 fully saturated rings. The minimum Gasteiger partial charge on any atom is -0.313 e. The van der Waals surface area contributed by atoms with Crippen LogP contribution in [-0.4, -0.2) is 7.05 Å². The Morgan fingerprint density at radius 3 is 2.56 bits per heavy atom. The second-order valence-corrected chi connectivity index (χ2v) is 4.64. The Bertz CT molecular complexity index is 386. The molecule has 1 aliphatic rings. The SMILES string of the molecule is CNC(CC1CC1)c1cc(C)c(F)cc1F. The summed E-state index contributed by atoms with van der Waals surface area (Å²) in [5.41, 5.74) is 1.10. The van der Waals surface area contributed by atoms with Gasteiger partial charge in [0.25, 0.3) is 0 Å². The average Bonchev–Trinajstić information content (AvgIpc) is 3.04. The van der Waals surface area contributed by atoms with Gasteiger partial charge in [-0.1, -0.05) is 12.8 Å². The fraction of sp³-hybridized carbons (Fsp3) is 0.538. The van der Waals surface area contributed by atoms with Crippen molar-refractivity contribution in [2.24, 2.45) is 5.92 Å². The Morgan fingerprint density at radius 2 is 2.00 bits per heavy atom. The van der Waals surface area contributed by atoms with Crippen molar-refractivity contribution in [2.45, 2.75) is 32.2 Å². The van der Waals surface area contributed by atoms with Crippen LogP contribution in [0, 0.1) is 24.5 Å². The number of hydrogen-bond donors (Lipinski definition) is 1. The largest absolute Gasteiger partial charge is 0.313 e. The van der Waals surface area contributed by atoms with E-state index < -0.39 is 11.6 Å². The van der Waals surface area contributed by atoms with Crippen LogP contribution < -0.4 is 5.32 Å². The number of rotatable bonds is 4. The van der Waals surface area contributed by atoms with Crippen LogP contribution >= 0.6 is 0 Å². The van der Waals surface area contributed by atoms with Gasteiger partial charge in [0.2, 0.25) is 0 Å². The molecule has 2 rings (SSSR count). The first-order chi connectivity index (χ1) is 7.61. The van der Waals surface area contributed by atoms with E-state index in [9.17, 15) is 8.78 Å². The highest BCUT2D eigenvalue weighted by molar-refractivity contribution is 5.28. The molecule has 1 N–H and O–H groups in total. The van der Waals surface area contributed by atoms with Crippen LogP contribution in [0.3, 0.4) is 0 Å². The summed E-state index contributed by atoms with van der Waals surface area (Å²) in [6, 6.07) is 2.61. The van der Waals surface area contributed by atoms with Crippen LogP contribution in [0.15, 0.2) is 12.1 Å². The lowest BCUT2D eigenvalue weighted by atomic mass is 9.99. The summed E-state index contributed by atoms with van der Waals surface area (Å²) in [5, 5.41) is 3.11.